The number of carbonyl (C=O) groups excluding carboxylic acids is 1. The van der Waals surface area contributed by atoms with E-state index in [1.807, 2.05) is 0 Å². The molecule has 1 aliphatic rings. The molecule has 1 atom stereocenters. The van der Waals surface area contributed by atoms with Crippen LogP contribution in [0.3, 0.4) is 0 Å². The molecule has 10 nitrogen and oxygen atoms in total. The molecule has 1 fully saturated rings. The summed E-state index contributed by atoms with van der Waals surface area (Å²) >= 11 is 0. The number of anilines is 3. The van der Waals surface area contributed by atoms with E-state index < -0.39 is 61.1 Å². The van der Waals surface area contributed by atoms with Gasteiger partial charge in [-0.15, -0.1) is 0 Å². The molecular formula is C23H30F4N4O6SSi. The maximum absolute atomic E-state index is 15.4. The van der Waals surface area contributed by atoms with E-state index in [1.54, 1.807) is 4.90 Å². The second kappa shape index (κ2) is 12.1. The minimum atomic E-state index is -4.88. The molecule has 216 valence electrons. The van der Waals surface area contributed by atoms with Gasteiger partial charge >= 0.3 is 6.18 Å². The first kappa shape index (κ1) is 30.6. The largest absolute Gasteiger partial charge is 0.474 e. The molecule has 0 radical (unpaired) electrons. The molecule has 39 heavy (non-hydrogen) atoms. The summed E-state index contributed by atoms with van der Waals surface area (Å²) in [7, 11) is -5.43. The molecule has 0 unspecified atom stereocenters. The smallest absolute Gasteiger partial charge is 0.417 e. The van der Waals surface area contributed by atoms with Crippen molar-refractivity contribution in [3.05, 3.63) is 41.7 Å². The Morgan fingerprint density at radius 1 is 1.23 bits per heavy atom. The van der Waals surface area contributed by atoms with Crippen LogP contribution < -0.4 is 19.7 Å². The van der Waals surface area contributed by atoms with Gasteiger partial charge in [0.1, 0.15) is 18.2 Å². The van der Waals surface area contributed by atoms with Crippen LogP contribution >= 0.6 is 0 Å². The number of sulfonamides is 1. The van der Waals surface area contributed by atoms with Gasteiger partial charge in [0.15, 0.2) is 6.10 Å². The molecule has 16 heteroatoms. The number of halogens is 4. The molecule has 1 amide bonds. The Hall–Kier alpha value is -2.95. The minimum absolute atomic E-state index is 0.119. The van der Waals surface area contributed by atoms with Crippen LogP contribution in [-0.4, -0.2) is 81.9 Å². The molecular weight excluding hydrogens is 564 g/mol. The molecule has 2 aromatic rings. The highest BCUT2D eigenvalue weighted by molar-refractivity contribution is 7.92. The van der Waals surface area contributed by atoms with Gasteiger partial charge in [-0.25, -0.2) is 12.8 Å². The highest BCUT2D eigenvalue weighted by atomic mass is 32.2. The quantitative estimate of drug-likeness (QED) is 0.243. The fourth-order valence-electron chi connectivity index (χ4n) is 3.83. The molecule has 0 spiro atoms. The van der Waals surface area contributed by atoms with Gasteiger partial charge in [-0.2, -0.15) is 18.2 Å². The summed E-state index contributed by atoms with van der Waals surface area (Å²) in [5, 5.41) is 20.5. The van der Waals surface area contributed by atoms with Crippen LogP contribution in [0.1, 0.15) is 10.4 Å². The number of hydrogen-bond acceptors (Lipinski definition) is 8. The summed E-state index contributed by atoms with van der Waals surface area (Å²) in [6, 6.07) is 7.79. The maximum atomic E-state index is 15.4. The van der Waals surface area contributed by atoms with Crippen LogP contribution in [0, 0.1) is 5.82 Å². The lowest BCUT2D eigenvalue weighted by Gasteiger charge is -2.38. The van der Waals surface area contributed by atoms with E-state index in [1.165, 1.54) is 24.3 Å². The number of aliphatic hydroxyl groups excluding tert-OH is 2. The van der Waals surface area contributed by atoms with Crippen molar-refractivity contribution in [2.75, 3.05) is 47.0 Å². The molecule has 2 heterocycles. The number of pyridine rings is 1. The SMILES string of the molecule is C[Si]1(C)CCN(c2cc(NS(=O)(=O)CCO)cc(F)c2C(=O)Nc2cccc(OC[C@@H](O)C(F)(F)F)n2)CC1. The van der Waals surface area contributed by atoms with Crippen LogP contribution in [0.4, 0.5) is 34.8 Å². The van der Waals surface area contributed by atoms with Crippen molar-refractivity contribution in [1.82, 2.24) is 4.98 Å². The van der Waals surface area contributed by atoms with Crippen LogP contribution in [0.15, 0.2) is 30.3 Å². The van der Waals surface area contributed by atoms with Gasteiger partial charge in [0, 0.05) is 19.2 Å². The fraction of sp³-hybridized carbons (Fsp3) is 0.478. The lowest BCUT2D eigenvalue weighted by molar-refractivity contribution is -0.210. The number of aliphatic hydroxyl groups is 2. The monoisotopic (exact) mass is 594 g/mol. The van der Waals surface area contributed by atoms with E-state index in [0.29, 0.717) is 13.1 Å². The van der Waals surface area contributed by atoms with Gasteiger partial charge in [0.25, 0.3) is 5.91 Å². The summed E-state index contributed by atoms with van der Waals surface area (Å²) in [4.78, 5) is 18.9. The van der Waals surface area contributed by atoms with E-state index in [2.05, 4.69) is 28.1 Å². The molecule has 4 N–H and O–H groups in total. The summed E-state index contributed by atoms with van der Waals surface area (Å²) in [6.45, 7) is 3.72. The lowest BCUT2D eigenvalue weighted by Crippen LogP contribution is -2.43. The highest BCUT2D eigenvalue weighted by Gasteiger charge is 2.39. The van der Waals surface area contributed by atoms with E-state index in [-0.39, 0.29) is 28.6 Å². The van der Waals surface area contributed by atoms with E-state index in [0.717, 1.165) is 18.2 Å². The predicted molar refractivity (Wildman–Crippen MR) is 140 cm³/mol. The van der Waals surface area contributed by atoms with Crippen LogP contribution in [0.25, 0.3) is 0 Å². The van der Waals surface area contributed by atoms with Crippen molar-refractivity contribution in [1.29, 1.82) is 0 Å². The van der Waals surface area contributed by atoms with Crippen molar-refractivity contribution < 1.29 is 45.7 Å². The Morgan fingerprint density at radius 3 is 2.51 bits per heavy atom. The molecule has 3 rings (SSSR count). The topological polar surface area (TPSA) is 141 Å². The second-order valence-electron chi connectivity index (χ2n) is 9.83. The lowest BCUT2D eigenvalue weighted by atomic mass is 10.1. The summed E-state index contributed by atoms with van der Waals surface area (Å²) in [5.74, 6) is -3.00. The van der Waals surface area contributed by atoms with E-state index in [9.17, 15) is 26.4 Å². The van der Waals surface area contributed by atoms with Crippen LogP contribution in [0.5, 0.6) is 5.88 Å². The zero-order valence-electron chi connectivity index (χ0n) is 21.3. The number of carbonyl (C=O) groups is 1. The third kappa shape index (κ3) is 8.51. The van der Waals surface area contributed by atoms with Crippen LogP contribution in [-0.2, 0) is 10.0 Å². The number of alkyl halides is 3. The van der Waals surface area contributed by atoms with Crippen molar-refractivity contribution >= 4 is 41.2 Å². The van der Waals surface area contributed by atoms with Gasteiger partial charge in [-0.3, -0.25) is 9.52 Å². The summed E-state index contributed by atoms with van der Waals surface area (Å²) in [6.07, 6.45) is -7.62. The Bertz CT molecular complexity index is 1290. The number of amides is 1. The second-order valence-corrected chi connectivity index (χ2v) is 17.0. The third-order valence-electron chi connectivity index (χ3n) is 6.12. The standard InChI is InChI=1S/C23H30F4N4O6SSi/c1-39(2)10-6-31(7-11-39)17-13-15(30-38(35,36)9-8-32)12-16(24)21(17)22(34)29-19-4-3-5-20(28-19)37-14-18(33)23(25,26)27/h3-5,12-13,18,30,32-33H,6-11,14H2,1-2H3,(H,28,29,34)/t18-/m1/s1. The van der Waals surface area contributed by atoms with E-state index >= 15 is 4.39 Å². The van der Waals surface area contributed by atoms with Gasteiger partial charge in [-0.1, -0.05) is 19.2 Å². The third-order valence-corrected chi connectivity index (χ3v) is 10.5. The van der Waals surface area contributed by atoms with Gasteiger partial charge in [-0.05, 0) is 30.3 Å². The normalized spacial score (nSPS) is 16.5. The molecule has 1 aliphatic heterocycles. The number of aromatic nitrogens is 1. The van der Waals surface area contributed by atoms with Gasteiger partial charge in [0.2, 0.25) is 15.9 Å². The molecule has 0 bridgehead atoms. The van der Waals surface area contributed by atoms with Crippen molar-refractivity contribution in [2.24, 2.45) is 0 Å². The zero-order chi connectivity index (χ0) is 29.0. The molecule has 1 aromatic carbocycles. The Labute approximate surface area is 224 Å². The summed E-state index contributed by atoms with van der Waals surface area (Å²) < 4.78 is 84.3. The molecule has 0 aliphatic carbocycles. The highest BCUT2D eigenvalue weighted by Crippen LogP contribution is 2.33. The Morgan fingerprint density at radius 2 is 1.90 bits per heavy atom. The molecule has 1 saturated heterocycles. The number of hydrogen-bond donors (Lipinski definition) is 4. The Kier molecular flexibility index (Phi) is 9.46. The average molecular weight is 595 g/mol. The molecule has 1 aromatic heterocycles. The first-order chi connectivity index (χ1) is 18.1. The number of benzene rings is 1. The van der Waals surface area contributed by atoms with Crippen molar-refractivity contribution in [2.45, 2.75) is 37.5 Å². The van der Waals surface area contributed by atoms with Crippen LogP contribution in [0.2, 0.25) is 25.2 Å². The number of nitrogens with one attached hydrogen (secondary N) is 2. The number of ether oxygens (including phenoxy) is 1. The van der Waals surface area contributed by atoms with Crippen molar-refractivity contribution in [3.8, 4) is 5.88 Å². The maximum Gasteiger partial charge on any atom is 0.417 e. The van der Waals surface area contributed by atoms with Gasteiger partial charge < -0.3 is 25.2 Å². The minimum Gasteiger partial charge on any atom is -0.474 e. The van der Waals surface area contributed by atoms with Gasteiger partial charge in [0.05, 0.1) is 37.4 Å². The first-order valence-corrected chi connectivity index (χ1v) is 17.0. The number of nitrogens with zero attached hydrogens (tertiary/aromatic N) is 2. The fourth-order valence-corrected chi connectivity index (χ4v) is 6.65. The zero-order valence-corrected chi connectivity index (χ0v) is 23.1. The molecule has 0 saturated carbocycles. The predicted octanol–water partition coefficient (Wildman–Crippen LogP) is 3.04. The first-order valence-electron chi connectivity index (χ1n) is 12.0. The summed E-state index contributed by atoms with van der Waals surface area (Å²) in [5.41, 5.74) is -0.340. The van der Waals surface area contributed by atoms with Crippen molar-refractivity contribution in [3.63, 3.8) is 0 Å². The van der Waals surface area contributed by atoms with E-state index in [4.69, 9.17) is 14.9 Å². The average Bonchev–Trinajstić information content (AvgIpc) is 2.81. The number of rotatable bonds is 10. The Balaban J connectivity index is 1.89.